The lowest BCUT2D eigenvalue weighted by Gasteiger charge is -2.22. The molecule has 0 heterocycles. The Hall–Kier alpha value is -1.50. The average molecular weight is 336 g/mol. The van der Waals surface area contributed by atoms with E-state index in [0.29, 0.717) is 10.6 Å². The summed E-state index contributed by atoms with van der Waals surface area (Å²) in [4.78, 5) is 2.06. The summed E-state index contributed by atoms with van der Waals surface area (Å²) in [6, 6.07) is 15.4. The van der Waals surface area contributed by atoms with Crippen LogP contribution in [0.3, 0.4) is 0 Å². The van der Waals surface area contributed by atoms with E-state index in [1.165, 1.54) is 0 Å². The molecule has 0 aliphatic rings. The van der Waals surface area contributed by atoms with Crippen LogP contribution < -0.4 is 4.90 Å². The minimum atomic E-state index is 0.656. The fraction of sp³-hybridized carbons (Fsp3) is 0.133. The van der Waals surface area contributed by atoms with E-state index in [1.54, 1.807) is 0 Å². The molecule has 0 unspecified atom stereocenters. The van der Waals surface area contributed by atoms with Crippen molar-refractivity contribution in [2.75, 3.05) is 11.9 Å². The predicted molar refractivity (Wildman–Crippen MR) is 83.3 cm³/mol. The Kier molecular flexibility index (Phi) is 4.47. The van der Waals surface area contributed by atoms with Crippen LogP contribution in [0.2, 0.25) is 5.02 Å². The van der Waals surface area contributed by atoms with Crippen molar-refractivity contribution in [3.63, 3.8) is 0 Å². The molecule has 0 saturated heterocycles. The monoisotopic (exact) mass is 334 g/mol. The van der Waals surface area contributed by atoms with Gasteiger partial charge in [-0.1, -0.05) is 33.6 Å². The smallest absolute Gasteiger partial charge is 0.0991 e. The first-order chi connectivity index (χ1) is 9.15. The second-order valence-electron chi connectivity index (χ2n) is 4.12. The van der Waals surface area contributed by atoms with E-state index in [9.17, 15) is 0 Å². The summed E-state index contributed by atoms with van der Waals surface area (Å²) in [6.45, 7) is 0. The minimum absolute atomic E-state index is 0.656. The highest BCUT2D eigenvalue weighted by molar-refractivity contribution is 9.08. The fourth-order valence-electron chi connectivity index (χ4n) is 1.86. The van der Waals surface area contributed by atoms with E-state index in [0.717, 1.165) is 22.3 Å². The van der Waals surface area contributed by atoms with Crippen molar-refractivity contribution in [3.8, 4) is 6.07 Å². The van der Waals surface area contributed by atoms with Gasteiger partial charge in [0.25, 0.3) is 0 Å². The number of halogens is 2. The lowest BCUT2D eigenvalue weighted by molar-refractivity contribution is 1.18. The summed E-state index contributed by atoms with van der Waals surface area (Å²) in [7, 11) is 1.99. The molecule has 2 aromatic carbocycles. The van der Waals surface area contributed by atoms with Crippen LogP contribution in [0.1, 0.15) is 11.1 Å². The highest BCUT2D eigenvalue weighted by Crippen LogP contribution is 2.31. The molecule has 0 aromatic heterocycles. The second kappa shape index (κ2) is 6.10. The van der Waals surface area contributed by atoms with Crippen LogP contribution in [0, 0.1) is 11.3 Å². The summed E-state index contributed by atoms with van der Waals surface area (Å²) < 4.78 is 0. The number of benzene rings is 2. The van der Waals surface area contributed by atoms with Gasteiger partial charge in [0, 0.05) is 28.8 Å². The fourth-order valence-corrected chi connectivity index (χ4v) is 2.50. The molecule has 0 aliphatic carbocycles. The number of rotatable bonds is 3. The molecule has 2 aromatic rings. The lowest BCUT2D eigenvalue weighted by atomic mass is 10.1. The largest absolute Gasteiger partial charge is 0.344 e. The molecule has 0 aliphatic heterocycles. The topological polar surface area (TPSA) is 27.0 Å². The molecule has 4 heteroatoms. The number of nitrogens with zero attached hydrogens (tertiary/aromatic N) is 2. The van der Waals surface area contributed by atoms with Gasteiger partial charge in [-0.25, -0.2) is 0 Å². The van der Waals surface area contributed by atoms with Crippen LogP contribution in [0.15, 0.2) is 42.5 Å². The number of hydrogen-bond donors (Lipinski definition) is 0. The lowest BCUT2D eigenvalue weighted by Crippen LogP contribution is -2.11. The van der Waals surface area contributed by atoms with E-state index in [1.807, 2.05) is 49.5 Å². The first-order valence-corrected chi connectivity index (χ1v) is 7.24. The van der Waals surface area contributed by atoms with Crippen LogP contribution in [-0.4, -0.2) is 7.05 Å². The second-order valence-corrected chi connectivity index (χ2v) is 5.12. The van der Waals surface area contributed by atoms with Gasteiger partial charge in [0.1, 0.15) is 0 Å². The summed E-state index contributed by atoms with van der Waals surface area (Å²) >= 11 is 9.55. The van der Waals surface area contributed by atoms with Crippen LogP contribution in [-0.2, 0) is 5.33 Å². The van der Waals surface area contributed by atoms with Crippen molar-refractivity contribution in [3.05, 3.63) is 58.6 Å². The van der Waals surface area contributed by atoms with Crippen LogP contribution in [0.5, 0.6) is 0 Å². The van der Waals surface area contributed by atoms with Crippen molar-refractivity contribution in [1.82, 2.24) is 0 Å². The molecule has 0 radical (unpaired) electrons. The van der Waals surface area contributed by atoms with Gasteiger partial charge in [-0.05, 0) is 42.0 Å². The SMILES string of the molecule is CN(c1ccc(C#N)cc1)c1cc(Cl)ccc1CBr. The van der Waals surface area contributed by atoms with E-state index in [2.05, 4.69) is 26.9 Å². The van der Waals surface area contributed by atoms with Crippen LogP contribution in [0.25, 0.3) is 0 Å². The molecule has 0 saturated carbocycles. The Bertz CT molecular complexity index is 617. The van der Waals surface area contributed by atoms with Gasteiger partial charge in [-0.2, -0.15) is 5.26 Å². The van der Waals surface area contributed by atoms with Gasteiger partial charge in [0.15, 0.2) is 0 Å². The Balaban J connectivity index is 2.40. The number of hydrogen-bond acceptors (Lipinski definition) is 2. The van der Waals surface area contributed by atoms with Gasteiger partial charge in [0.05, 0.1) is 11.6 Å². The maximum atomic E-state index is 8.82. The van der Waals surface area contributed by atoms with Gasteiger partial charge < -0.3 is 4.90 Å². The first-order valence-electron chi connectivity index (χ1n) is 5.74. The molecule has 19 heavy (non-hydrogen) atoms. The Labute approximate surface area is 126 Å². The van der Waals surface area contributed by atoms with Crippen LogP contribution in [0.4, 0.5) is 11.4 Å². The normalized spacial score (nSPS) is 10.0. The average Bonchev–Trinajstić information content (AvgIpc) is 2.46. The van der Waals surface area contributed by atoms with E-state index >= 15 is 0 Å². The summed E-state index contributed by atoms with van der Waals surface area (Å²) in [5.74, 6) is 0. The van der Waals surface area contributed by atoms with Gasteiger partial charge in [-0.3, -0.25) is 0 Å². The molecule has 0 atom stereocenters. The Morgan fingerprint density at radius 3 is 2.47 bits per heavy atom. The standard InChI is InChI=1S/C15H12BrClN2/c1-19(14-6-2-11(10-18)3-7-14)15-8-13(17)5-4-12(15)9-16/h2-8H,9H2,1H3. The third kappa shape index (κ3) is 3.09. The molecular weight excluding hydrogens is 324 g/mol. The maximum Gasteiger partial charge on any atom is 0.0991 e. The van der Waals surface area contributed by atoms with Gasteiger partial charge in [-0.15, -0.1) is 0 Å². The zero-order valence-corrected chi connectivity index (χ0v) is 12.7. The van der Waals surface area contributed by atoms with Crippen molar-refractivity contribution in [1.29, 1.82) is 5.26 Å². The van der Waals surface area contributed by atoms with Crippen LogP contribution >= 0.6 is 27.5 Å². The third-order valence-corrected chi connectivity index (χ3v) is 3.78. The third-order valence-electron chi connectivity index (χ3n) is 2.94. The predicted octanol–water partition coefficient (Wildman–Crippen LogP) is 4.87. The molecular formula is C15H12BrClN2. The summed E-state index contributed by atoms with van der Waals surface area (Å²) in [5, 5.41) is 10.3. The number of alkyl halides is 1. The molecule has 0 N–H and O–H groups in total. The first kappa shape index (κ1) is 13.9. The van der Waals surface area contributed by atoms with Gasteiger partial charge >= 0.3 is 0 Å². The molecule has 96 valence electrons. The van der Waals surface area contributed by atoms with Crippen molar-refractivity contribution >= 4 is 38.9 Å². The number of nitriles is 1. The van der Waals surface area contributed by atoms with Gasteiger partial charge in [0.2, 0.25) is 0 Å². The summed E-state index contributed by atoms with van der Waals surface area (Å²) in [6.07, 6.45) is 0. The molecule has 2 rings (SSSR count). The quantitative estimate of drug-likeness (QED) is 0.748. The van der Waals surface area contributed by atoms with Crippen molar-refractivity contribution in [2.24, 2.45) is 0 Å². The molecule has 0 amide bonds. The van der Waals surface area contributed by atoms with E-state index in [4.69, 9.17) is 16.9 Å². The number of anilines is 2. The zero-order chi connectivity index (χ0) is 13.8. The maximum absolute atomic E-state index is 8.82. The molecule has 0 fully saturated rings. The summed E-state index contributed by atoms with van der Waals surface area (Å²) in [5.41, 5.74) is 3.89. The molecule has 2 nitrogen and oxygen atoms in total. The Morgan fingerprint density at radius 2 is 1.89 bits per heavy atom. The zero-order valence-electron chi connectivity index (χ0n) is 10.4. The van der Waals surface area contributed by atoms with E-state index < -0.39 is 0 Å². The molecule has 0 bridgehead atoms. The minimum Gasteiger partial charge on any atom is -0.344 e. The highest BCUT2D eigenvalue weighted by Gasteiger charge is 2.09. The van der Waals surface area contributed by atoms with E-state index in [-0.39, 0.29) is 0 Å². The highest BCUT2D eigenvalue weighted by atomic mass is 79.9. The van der Waals surface area contributed by atoms with Crippen molar-refractivity contribution in [2.45, 2.75) is 5.33 Å². The Morgan fingerprint density at radius 1 is 1.21 bits per heavy atom. The van der Waals surface area contributed by atoms with Crippen molar-refractivity contribution < 1.29 is 0 Å². The molecule has 0 spiro atoms.